The molecule has 4 heteroatoms. The van der Waals surface area contributed by atoms with Gasteiger partial charge in [-0.15, -0.1) is 11.3 Å². The molecule has 8 aromatic carbocycles. The fraction of sp³-hybridized carbons (Fsp3) is 0.351. The molecule has 390 valence electrons. The summed E-state index contributed by atoms with van der Waals surface area (Å²) in [7, 11) is 0. The van der Waals surface area contributed by atoms with Gasteiger partial charge in [-0.05, 0) is 198 Å². The average molecular weight is 1040 g/mol. The predicted octanol–water partition coefficient (Wildman–Crippen LogP) is 18.7. The van der Waals surface area contributed by atoms with Crippen molar-refractivity contribution in [2.45, 2.75) is 142 Å². The first-order valence-corrected chi connectivity index (χ1v) is 30.3. The van der Waals surface area contributed by atoms with Gasteiger partial charge in [-0.25, -0.2) is 0 Å². The largest absolute Gasteiger partial charge is 0.311 e. The molecule has 5 aliphatic carbocycles. The van der Waals surface area contributed by atoms with Crippen molar-refractivity contribution in [3.05, 3.63) is 185 Å². The Labute approximate surface area is 469 Å². The predicted molar refractivity (Wildman–Crippen MR) is 337 cm³/mol. The van der Waals surface area contributed by atoms with Crippen LogP contribution in [-0.2, 0) is 27.1 Å². The van der Waals surface area contributed by atoms with Crippen LogP contribution in [0.1, 0.15) is 149 Å². The quantitative estimate of drug-likeness (QED) is 0.163. The summed E-state index contributed by atoms with van der Waals surface area (Å²) in [5, 5.41) is 3.98. The summed E-state index contributed by atoms with van der Waals surface area (Å²) in [6.07, 6.45) is 6.94. The lowest BCUT2D eigenvalue weighted by Gasteiger charge is -2.61. The number of fused-ring (bicyclic) bond motifs is 11. The molecule has 16 rings (SSSR count). The summed E-state index contributed by atoms with van der Waals surface area (Å²) in [6, 6.07) is 61.2. The maximum Gasteiger partial charge on any atom is 0.264 e. The Morgan fingerprint density at radius 3 is 1.64 bits per heavy atom. The van der Waals surface area contributed by atoms with Crippen LogP contribution in [0.15, 0.2) is 152 Å². The first-order chi connectivity index (χ1) is 37.1. The van der Waals surface area contributed by atoms with Crippen LogP contribution in [0.5, 0.6) is 0 Å². The first kappa shape index (κ1) is 48.7. The third-order valence-electron chi connectivity index (χ3n) is 20.2. The van der Waals surface area contributed by atoms with Gasteiger partial charge in [0, 0.05) is 54.1 Å². The Hall–Kier alpha value is -6.36. The van der Waals surface area contributed by atoms with Crippen molar-refractivity contribution in [1.29, 1.82) is 0 Å². The highest BCUT2D eigenvalue weighted by Gasteiger charge is 2.62. The van der Waals surface area contributed by atoms with Gasteiger partial charge >= 0.3 is 0 Å². The maximum absolute atomic E-state index is 2.78. The van der Waals surface area contributed by atoms with E-state index < -0.39 is 0 Å². The summed E-state index contributed by atoms with van der Waals surface area (Å²) in [4.78, 5) is 5.48. The number of hydrogen-bond acceptors (Lipinski definition) is 3. The van der Waals surface area contributed by atoms with Crippen molar-refractivity contribution >= 4 is 88.7 Å². The standard InChI is InChI=1S/C74H75BN2S/c1-70(2,3)48-22-17-45(18-23-48)46-19-26-54(27-20-46)76-63-40-51(73(10,11)12)41-64-66(63)75(69-68(76)59-39-50(72(7,8)9)25-32-65(59)78-69)62-31-21-47-38-49(71(4,5)6)24-29-56(47)67(62)77(64)55-28-30-58-57-15-13-14-16-60(57)74(61(58)42-55)52-34-43-33-44(36-52)37-53(74)35-43/h13-32,38-44,52-53H,33-37H2,1-12H3. The van der Waals surface area contributed by atoms with Crippen molar-refractivity contribution in [2.24, 2.45) is 23.7 Å². The van der Waals surface area contributed by atoms with Gasteiger partial charge in [0.2, 0.25) is 0 Å². The molecule has 9 aromatic rings. The molecule has 2 nitrogen and oxygen atoms in total. The van der Waals surface area contributed by atoms with Gasteiger partial charge in [0.1, 0.15) is 0 Å². The van der Waals surface area contributed by atoms with E-state index in [1.807, 2.05) is 11.3 Å². The van der Waals surface area contributed by atoms with E-state index >= 15 is 0 Å². The molecule has 4 fully saturated rings. The molecule has 4 bridgehead atoms. The first-order valence-electron chi connectivity index (χ1n) is 29.5. The van der Waals surface area contributed by atoms with E-state index in [0.29, 0.717) is 11.8 Å². The molecule has 0 atom stereocenters. The number of rotatable bonds is 3. The normalized spacial score (nSPS) is 21.8. The van der Waals surface area contributed by atoms with Crippen LogP contribution in [0, 0.1) is 23.7 Å². The fourth-order valence-corrected chi connectivity index (χ4v) is 17.7. The molecule has 78 heavy (non-hydrogen) atoms. The zero-order valence-corrected chi connectivity index (χ0v) is 49.0. The summed E-state index contributed by atoms with van der Waals surface area (Å²) in [5.41, 5.74) is 24.7. The Morgan fingerprint density at radius 2 is 1.00 bits per heavy atom. The molecule has 7 aliphatic rings. The smallest absolute Gasteiger partial charge is 0.264 e. The number of hydrogen-bond donors (Lipinski definition) is 0. The monoisotopic (exact) mass is 1030 g/mol. The molecule has 1 aromatic heterocycles. The van der Waals surface area contributed by atoms with Crippen molar-refractivity contribution in [2.75, 3.05) is 9.80 Å². The molecule has 4 saturated carbocycles. The molecule has 0 amide bonds. The number of anilines is 6. The van der Waals surface area contributed by atoms with Gasteiger partial charge in [0.25, 0.3) is 6.71 Å². The number of benzene rings is 8. The van der Waals surface area contributed by atoms with Crippen LogP contribution in [0.4, 0.5) is 34.1 Å². The summed E-state index contributed by atoms with van der Waals surface area (Å²) in [6.45, 7) is 28.3. The molecular formula is C74H75BN2S. The molecule has 1 spiro atoms. The Balaban J connectivity index is 1.02. The van der Waals surface area contributed by atoms with Crippen LogP contribution in [0.2, 0.25) is 0 Å². The summed E-state index contributed by atoms with van der Waals surface area (Å²) >= 11 is 2.02. The van der Waals surface area contributed by atoms with Gasteiger partial charge in [0.15, 0.2) is 0 Å². The molecule has 3 heterocycles. The van der Waals surface area contributed by atoms with Gasteiger partial charge in [0.05, 0.1) is 5.69 Å². The minimum Gasteiger partial charge on any atom is -0.311 e. The lowest BCUT2D eigenvalue weighted by atomic mass is 9.36. The highest BCUT2D eigenvalue weighted by atomic mass is 32.1. The zero-order valence-electron chi connectivity index (χ0n) is 48.2. The molecule has 0 N–H and O–H groups in total. The van der Waals surface area contributed by atoms with Crippen LogP contribution in [-0.4, -0.2) is 6.71 Å². The van der Waals surface area contributed by atoms with E-state index in [4.69, 9.17) is 0 Å². The number of nitrogens with zero attached hydrogens (tertiary/aromatic N) is 2. The maximum atomic E-state index is 2.78. The van der Waals surface area contributed by atoms with E-state index in [2.05, 4.69) is 245 Å². The third kappa shape index (κ3) is 6.99. The van der Waals surface area contributed by atoms with E-state index in [-0.39, 0.29) is 33.8 Å². The van der Waals surface area contributed by atoms with Gasteiger partial charge in [-0.1, -0.05) is 186 Å². The molecule has 0 radical (unpaired) electrons. The Bertz CT molecular complexity index is 3950. The van der Waals surface area contributed by atoms with Crippen molar-refractivity contribution in [1.82, 2.24) is 0 Å². The van der Waals surface area contributed by atoms with E-state index in [9.17, 15) is 0 Å². The second-order valence-electron chi connectivity index (χ2n) is 29.1. The van der Waals surface area contributed by atoms with Crippen LogP contribution >= 0.6 is 11.3 Å². The van der Waals surface area contributed by atoms with Crippen molar-refractivity contribution in [3.63, 3.8) is 0 Å². The van der Waals surface area contributed by atoms with Crippen LogP contribution in [0.3, 0.4) is 0 Å². The Kier molecular flexibility index (Phi) is 10.2. The second-order valence-corrected chi connectivity index (χ2v) is 30.2. The lowest BCUT2D eigenvalue weighted by Crippen LogP contribution is -2.60. The van der Waals surface area contributed by atoms with Gasteiger partial charge < -0.3 is 9.80 Å². The minimum absolute atomic E-state index is 0.00753. The van der Waals surface area contributed by atoms with E-state index in [1.165, 1.54) is 147 Å². The summed E-state index contributed by atoms with van der Waals surface area (Å²) < 4.78 is 2.77. The fourth-order valence-electron chi connectivity index (χ4n) is 16.4. The SMILES string of the molecule is CC(C)(C)c1ccc(-c2ccc(N3c4cc(C(C)(C)C)cc5c4B(c4ccc6cc(C(C)(C)C)ccc6c4N5c4ccc5c(c4)C4(c6ccccc6-5)C5CC6CC(C5)CC4C6)c4sc5ccc(C(C)(C)C)cc5c43)cc2)cc1. The molecule has 2 aliphatic heterocycles. The molecule has 0 saturated heterocycles. The zero-order chi connectivity index (χ0) is 53.7. The number of thiophene rings is 1. The molecule has 0 unspecified atom stereocenters. The van der Waals surface area contributed by atoms with Crippen LogP contribution < -0.4 is 25.5 Å². The van der Waals surface area contributed by atoms with Crippen molar-refractivity contribution < 1.29 is 0 Å². The van der Waals surface area contributed by atoms with Crippen molar-refractivity contribution in [3.8, 4) is 22.3 Å². The van der Waals surface area contributed by atoms with Gasteiger partial charge in [-0.2, -0.15) is 0 Å². The topological polar surface area (TPSA) is 6.48 Å². The third-order valence-corrected chi connectivity index (χ3v) is 21.5. The molecular weight excluding hydrogens is 960 g/mol. The Morgan fingerprint density at radius 1 is 0.449 bits per heavy atom. The minimum atomic E-state index is -0.136. The summed E-state index contributed by atoms with van der Waals surface area (Å²) in [5.74, 6) is 3.15. The van der Waals surface area contributed by atoms with Gasteiger partial charge in [-0.3, -0.25) is 0 Å². The average Bonchev–Trinajstić information content (AvgIpc) is 2.50. The second kappa shape index (κ2) is 16.4. The highest BCUT2D eigenvalue weighted by molar-refractivity contribution is 7.33. The van der Waals surface area contributed by atoms with Crippen LogP contribution in [0.25, 0.3) is 43.1 Å². The highest BCUT2D eigenvalue weighted by Crippen LogP contribution is 2.70. The lowest BCUT2D eigenvalue weighted by molar-refractivity contribution is -0.0399. The van der Waals surface area contributed by atoms with E-state index in [1.54, 1.807) is 11.1 Å². The van der Waals surface area contributed by atoms with E-state index in [0.717, 1.165) is 11.8 Å².